The summed E-state index contributed by atoms with van der Waals surface area (Å²) in [6.07, 6.45) is 0.381. The second-order valence-electron chi connectivity index (χ2n) is 4.96. The van der Waals surface area contributed by atoms with Gasteiger partial charge in [0, 0.05) is 13.0 Å². The van der Waals surface area contributed by atoms with Gasteiger partial charge in [0.25, 0.3) is 0 Å². The van der Waals surface area contributed by atoms with Gasteiger partial charge in [-0.2, -0.15) is 0 Å². The Hall–Kier alpha value is -1.99. The van der Waals surface area contributed by atoms with Gasteiger partial charge in [-0.05, 0) is 24.1 Å². The van der Waals surface area contributed by atoms with Gasteiger partial charge in [-0.15, -0.1) is 0 Å². The smallest absolute Gasteiger partial charge is 0.435 e. The largest absolute Gasteiger partial charge is 0.436 e. The van der Waals surface area contributed by atoms with Gasteiger partial charge in [0.15, 0.2) is 6.23 Å². The van der Waals surface area contributed by atoms with Crippen molar-refractivity contribution in [3.63, 3.8) is 0 Å². The number of carbonyl (C=O) groups is 2. The van der Waals surface area contributed by atoms with Crippen molar-refractivity contribution >= 4 is 11.9 Å². The normalized spacial score (nSPS) is 26.0. The predicted octanol–water partition coefficient (Wildman–Crippen LogP) is 1.15. The van der Waals surface area contributed by atoms with Gasteiger partial charge in [-0.25, -0.2) is 14.0 Å². The van der Waals surface area contributed by atoms with E-state index in [1.165, 1.54) is 17.2 Å². The summed E-state index contributed by atoms with van der Waals surface area (Å²) in [7, 11) is 0. The highest BCUT2D eigenvalue weighted by molar-refractivity contribution is 6.29. The Morgan fingerprint density at radius 2 is 2.00 bits per heavy atom. The van der Waals surface area contributed by atoms with E-state index in [4.69, 9.17) is 14.3 Å². The van der Waals surface area contributed by atoms with Crippen LogP contribution in [-0.4, -0.2) is 35.9 Å². The summed E-state index contributed by atoms with van der Waals surface area (Å²) in [5.41, 5.74) is 0.867. The summed E-state index contributed by atoms with van der Waals surface area (Å²) >= 11 is 0. The first kappa shape index (κ1) is 14.0. The molecule has 2 unspecified atom stereocenters. The van der Waals surface area contributed by atoms with Crippen LogP contribution in [0.15, 0.2) is 24.3 Å². The highest BCUT2D eigenvalue weighted by Crippen LogP contribution is 2.25. The van der Waals surface area contributed by atoms with E-state index in [0.29, 0.717) is 26.0 Å². The van der Waals surface area contributed by atoms with E-state index in [1.54, 1.807) is 12.1 Å². The second-order valence-corrected chi connectivity index (χ2v) is 4.96. The maximum absolute atomic E-state index is 12.8. The molecule has 0 aliphatic carbocycles. The van der Waals surface area contributed by atoms with Crippen LogP contribution in [0.5, 0.6) is 0 Å². The molecule has 2 aliphatic heterocycles. The van der Waals surface area contributed by atoms with Crippen LogP contribution in [0, 0.1) is 5.82 Å². The SMILES string of the molecule is O=C1OC2CC(OCc3ccc(F)cc3)CCN2OC1=O. The van der Waals surface area contributed by atoms with Crippen molar-refractivity contribution in [3.8, 4) is 0 Å². The minimum absolute atomic E-state index is 0.110. The zero-order valence-corrected chi connectivity index (χ0v) is 11.2. The number of hydrogen-bond acceptors (Lipinski definition) is 6. The lowest BCUT2D eigenvalue weighted by atomic mass is 10.1. The van der Waals surface area contributed by atoms with Crippen LogP contribution in [0.2, 0.25) is 0 Å². The van der Waals surface area contributed by atoms with Crippen molar-refractivity contribution in [1.29, 1.82) is 0 Å². The molecule has 3 rings (SSSR count). The van der Waals surface area contributed by atoms with E-state index in [2.05, 4.69) is 0 Å². The number of carbonyl (C=O) groups excluding carboxylic acids is 2. The van der Waals surface area contributed by atoms with E-state index in [0.717, 1.165) is 5.56 Å². The number of hydroxylamine groups is 2. The number of benzene rings is 1. The maximum atomic E-state index is 12.8. The first-order chi connectivity index (χ1) is 10.1. The minimum Gasteiger partial charge on any atom is -0.435 e. The van der Waals surface area contributed by atoms with Crippen molar-refractivity contribution in [2.45, 2.75) is 31.8 Å². The van der Waals surface area contributed by atoms with Gasteiger partial charge in [0.2, 0.25) is 0 Å². The summed E-state index contributed by atoms with van der Waals surface area (Å²) in [4.78, 5) is 27.1. The highest BCUT2D eigenvalue weighted by atomic mass is 19.1. The number of hydrogen-bond donors (Lipinski definition) is 0. The minimum atomic E-state index is -0.989. The van der Waals surface area contributed by atoms with Crippen LogP contribution in [0.1, 0.15) is 18.4 Å². The third-order valence-electron chi connectivity index (χ3n) is 3.47. The molecular formula is C14H14FNO5. The molecule has 0 amide bonds. The number of ether oxygens (including phenoxy) is 2. The van der Waals surface area contributed by atoms with Gasteiger partial charge >= 0.3 is 11.9 Å². The summed E-state index contributed by atoms with van der Waals surface area (Å²) in [5.74, 6) is -2.25. The molecule has 1 aromatic rings. The third kappa shape index (κ3) is 3.20. The maximum Gasteiger partial charge on any atom is 0.436 e. The quantitative estimate of drug-likeness (QED) is 0.615. The van der Waals surface area contributed by atoms with Gasteiger partial charge in [0.05, 0.1) is 12.7 Å². The molecule has 112 valence electrons. The lowest BCUT2D eigenvalue weighted by Gasteiger charge is -2.38. The van der Waals surface area contributed by atoms with Crippen LogP contribution >= 0.6 is 0 Å². The zero-order valence-electron chi connectivity index (χ0n) is 11.2. The van der Waals surface area contributed by atoms with E-state index in [9.17, 15) is 14.0 Å². The van der Waals surface area contributed by atoms with Gasteiger partial charge in [-0.3, -0.25) is 0 Å². The number of rotatable bonds is 3. The molecule has 0 bridgehead atoms. The Balaban J connectivity index is 1.53. The molecule has 21 heavy (non-hydrogen) atoms. The predicted molar refractivity (Wildman–Crippen MR) is 66.9 cm³/mol. The van der Waals surface area contributed by atoms with Gasteiger partial charge in [0.1, 0.15) is 5.82 Å². The lowest BCUT2D eigenvalue weighted by molar-refractivity contribution is -0.282. The Morgan fingerprint density at radius 1 is 1.24 bits per heavy atom. The third-order valence-corrected chi connectivity index (χ3v) is 3.47. The van der Waals surface area contributed by atoms with Crippen molar-refractivity contribution in [1.82, 2.24) is 5.06 Å². The monoisotopic (exact) mass is 295 g/mol. The number of piperidine rings is 1. The fourth-order valence-corrected chi connectivity index (χ4v) is 2.35. The van der Waals surface area contributed by atoms with Gasteiger partial charge < -0.3 is 14.3 Å². The van der Waals surface area contributed by atoms with E-state index in [-0.39, 0.29) is 11.9 Å². The van der Waals surface area contributed by atoms with Crippen LogP contribution in [0.3, 0.4) is 0 Å². The van der Waals surface area contributed by atoms with Crippen molar-refractivity contribution < 1.29 is 28.3 Å². The average molecular weight is 295 g/mol. The fraction of sp³-hybridized carbons (Fsp3) is 0.429. The summed E-state index contributed by atoms with van der Waals surface area (Å²) < 4.78 is 23.5. The molecule has 0 N–H and O–H groups in total. The van der Waals surface area contributed by atoms with Crippen LogP contribution in [0.4, 0.5) is 4.39 Å². The molecular weight excluding hydrogens is 281 g/mol. The molecule has 6 nitrogen and oxygen atoms in total. The van der Waals surface area contributed by atoms with Crippen LogP contribution in [-0.2, 0) is 30.5 Å². The molecule has 2 saturated heterocycles. The second kappa shape index (κ2) is 5.79. The molecule has 2 heterocycles. The van der Waals surface area contributed by atoms with E-state index in [1.807, 2.05) is 0 Å². The first-order valence-corrected chi connectivity index (χ1v) is 6.67. The van der Waals surface area contributed by atoms with E-state index >= 15 is 0 Å². The Labute approximate surface area is 120 Å². The molecule has 2 atom stereocenters. The molecule has 7 heteroatoms. The van der Waals surface area contributed by atoms with Crippen molar-refractivity contribution in [2.24, 2.45) is 0 Å². The Bertz CT molecular complexity index is 547. The molecule has 0 radical (unpaired) electrons. The summed E-state index contributed by atoms with van der Waals surface area (Å²) in [5, 5.41) is 1.36. The zero-order chi connectivity index (χ0) is 14.8. The molecule has 1 aromatic carbocycles. The highest BCUT2D eigenvalue weighted by Gasteiger charge is 2.41. The van der Waals surface area contributed by atoms with Crippen molar-refractivity contribution in [2.75, 3.05) is 6.54 Å². The lowest BCUT2D eigenvalue weighted by Crippen LogP contribution is -2.53. The van der Waals surface area contributed by atoms with Crippen molar-refractivity contribution in [3.05, 3.63) is 35.6 Å². The first-order valence-electron chi connectivity index (χ1n) is 6.67. The molecule has 0 spiro atoms. The Kier molecular flexibility index (Phi) is 3.85. The van der Waals surface area contributed by atoms with Crippen LogP contribution < -0.4 is 0 Å². The molecule has 0 saturated carbocycles. The number of fused-ring (bicyclic) bond motifs is 1. The number of halogens is 1. The average Bonchev–Trinajstić information content (AvgIpc) is 2.48. The number of nitrogens with zero attached hydrogens (tertiary/aromatic N) is 1. The summed E-state index contributed by atoms with van der Waals surface area (Å²) in [6, 6.07) is 6.08. The Morgan fingerprint density at radius 3 is 2.76 bits per heavy atom. The van der Waals surface area contributed by atoms with Gasteiger partial charge in [-0.1, -0.05) is 17.2 Å². The molecule has 2 aliphatic rings. The number of esters is 1. The fourth-order valence-electron chi connectivity index (χ4n) is 2.35. The topological polar surface area (TPSA) is 65.1 Å². The molecule has 0 aromatic heterocycles. The van der Waals surface area contributed by atoms with E-state index < -0.39 is 18.2 Å². The summed E-state index contributed by atoms with van der Waals surface area (Å²) in [6.45, 7) is 0.795. The standard InChI is InChI=1S/C14H14FNO5/c15-10-3-1-9(2-4-10)8-19-11-5-6-16-12(7-11)20-13(17)14(18)21-16/h1-4,11-12H,5-8H2. The van der Waals surface area contributed by atoms with Crippen LogP contribution in [0.25, 0.3) is 0 Å². The molecule has 2 fully saturated rings.